The fourth-order valence-corrected chi connectivity index (χ4v) is 4.10. The molecule has 2 N–H and O–H groups in total. The highest BCUT2D eigenvalue weighted by atomic mass is 16.2. The van der Waals surface area contributed by atoms with Gasteiger partial charge in [0.15, 0.2) is 0 Å². The molecule has 7 nitrogen and oxygen atoms in total. The lowest BCUT2D eigenvalue weighted by molar-refractivity contribution is 0.233. The maximum Gasteiger partial charge on any atom is 0.315 e. The van der Waals surface area contributed by atoms with Crippen LogP contribution < -0.4 is 15.5 Å². The van der Waals surface area contributed by atoms with Gasteiger partial charge in [-0.1, -0.05) is 19.3 Å². The molecule has 3 heterocycles. The minimum atomic E-state index is -0.0533. The van der Waals surface area contributed by atoms with Crippen LogP contribution in [0.4, 0.5) is 10.7 Å². The zero-order valence-corrected chi connectivity index (χ0v) is 16.2. The average molecular weight is 380 g/mol. The normalized spacial score (nSPS) is 20.1. The molecule has 1 saturated carbocycles. The summed E-state index contributed by atoms with van der Waals surface area (Å²) < 4.78 is 0. The lowest BCUT2D eigenvalue weighted by Gasteiger charge is -2.22. The summed E-state index contributed by atoms with van der Waals surface area (Å²) in [5.74, 6) is 1.34. The summed E-state index contributed by atoms with van der Waals surface area (Å²) >= 11 is 0. The van der Waals surface area contributed by atoms with Crippen molar-refractivity contribution in [2.24, 2.45) is 5.92 Å². The molecule has 1 saturated heterocycles. The van der Waals surface area contributed by atoms with Crippen LogP contribution >= 0.6 is 0 Å². The highest BCUT2D eigenvalue weighted by Crippen LogP contribution is 2.23. The molecule has 1 atom stereocenters. The highest BCUT2D eigenvalue weighted by Gasteiger charge is 2.26. The average Bonchev–Trinajstić information content (AvgIpc) is 3.22. The number of nitrogens with zero attached hydrogens (tertiary/aromatic N) is 4. The standard InChI is InChI=1S/C21H28N6O/c28-21(24-13-16-5-2-1-3-6-16)25-18-9-12-27(15-18)20-23-11-8-19(26-20)17-7-4-10-22-14-17/h4,7-8,10-11,14,16,18H,1-3,5-6,9,12-13,15H2,(H2,24,25,28). The van der Waals surface area contributed by atoms with Gasteiger partial charge in [0.2, 0.25) is 5.95 Å². The molecule has 28 heavy (non-hydrogen) atoms. The summed E-state index contributed by atoms with van der Waals surface area (Å²) in [6.45, 7) is 2.36. The predicted octanol–water partition coefficient (Wildman–Crippen LogP) is 3.00. The molecular formula is C21H28N6O. The monoisotopic (exact) mass is 380 g/mol. The van der Waals surface area contributed by atoms with E-state index in [4.69, 9.17) is 0 Å². The molecule has 2 aliphatic rings. The number of anilines is 1. The topological polar surface area (TPSA) is 83.0 Å². The second-order valence-electron chi connectivity index (χ2n) is 7.77. The second-order valence-corrected chi connectivity index (χ2v) is 7.77. The van der Waals surface area contributed by atoms with Crippen LogP contribution in [0.25, 0.3) is 11.3 Å². The molecule has 148 valence electrons. The number of carbonyl (C=O) groups excluding carboxylic acids is 1. The van der Waals surface area contributed by atoms with Crippen molar-refractivity contribution in [3.8, 4) is 11.3 Å². The first kappa shape index (κ1) is 18.7. The molecule has 0 bridgehead atoms. The molecule has 2 aromatic rings. The Kier molecular flexibility index (Phi) is 5.99. The van der Waals surface area contributed by atoms with Gasteiger partial charge in [0.05, 0.1) is 5.69 Å². The van der Waals surface area contributed by atoms with Crippen LogP contribution in [0.5, 0.6) is 0 Å². The van der Waals surface area contributed by atoms with E-state index in [9.17, 15) is 4.79 Å². The zero-order valence-electron chi connectivity index (χ0n) is 16.2. The quantitative estimate of drug-likeness (QED) is 0.833. The van der Waals surface area contributed by atoms with E-state index in [-0.39, 0.29) is 12.1 Å². The Balaban J connectivity index is 1.28. The zero-order chi connectivity index (χ0) is 19.2. The molecule has 1 aliphatic heterocycles. The Hall–Kier alpha value is -2.70. The summed E-state index contributed by atoms with van der Waals surface area (Å²) in [6, 6.07) is 5.85. The van der Waals surface area contributed by atoms with Gasteiger partial charge < -0.3 is 15.5 Å². The lowest BCUT2D eigenvalue weighted by Crippen LogP contribution is -2.45. The fourth-order valence-electron chi connectivity index (χ4n) is 4.10. The van der Waals surface area contributed by atoms with E-state index in [2.05, 4.69) is 30.5 Å². The number of carbonyl (C=O) groups is 1. The van der Waals surface area contributed by atoms with E-state index in [0.29, 0.717) is 11.9 Å². The third-order valence-electron chi connectivity index (χ3n) is 5.68. The molecule has 0 radical (unpaired) electrons. The number of amides is 2. The van der Waals surface area contributed by atoms with E-state index in [1.165, 1.54) is 32.1 Å². The highest BCUT2D eigenvalue weighted by molar-refractivity contribution is 5.74. The van der Waals surface area contributed by atoms with Gasteiger partial charge in [-0.2, -0.15) is 0 Å². The number of pyridine rings is 1. The third-order valence-corrected chi connectivity index (χ3v) is 5.68. The van der Waals surface area contributed by atoms with E-state index in [0.717, 1.165) is 37.3 Å². The van der Waals surface area contributed by atoms with Crippen LogP contribution in [0, 0.1) is 5.92 Å². The number of urea groups is 1. The molecule has 2 aromatic heterocycles. The van der Waals surface area contributed by atoms with Crippen LogP contribution in [0.1, 0.15) is 38.5 Å². The first-order chi connectivity index (χ1) is 13.8. The van der Waals surface area contributed by atoms with Crippen LogP contribution in [-0.2, 0) is 0 Å². The minimum Gasteiger partial charge on any atom is -0.339 e. The summed E-state index contributed by atoms with van der Waals surface area (Å²) in [4.78, 5) is 27.6. The third kappa shape index (κ3) is 4.77. The number of rotatable bonds is 5. The van der Waals surface area contributed by atoms with Crippen molar-refractivity contribution < 1.29 is 4.79 Å². The van der Waals surface area contributed by atoms with E-state index in [1.54, 1.807) is 18.6 Å². The molecule has 2 amide bonds. The van der Waals surface area contributed by atoms with Gasteiger partial charge in [0.1, 0.15) is 0 Å². The lowest BCUT2D eigenvalue weighted by atomic mass is 9.89. The van der Waals surface area contributed by atoms with Crippen molar-refractivity contribution in [3.05, 3.63) is 36.8 Å². The van der Waals surface area contributed by atoms with Crippen molar-refractivity contribution in [2.45, 2.75) is 44.6 Å². The van der Waals surface area contributed by atoms with Gasteiger partial charge in [-0.15, -0.1) is 0 Å². The van der Waals surface area contributed by atoms with Gasteiger partial charge in [-0.25, -0.2) is 14.8 Å². The van der Waals surface area contributed by atoms with Crippen LogP contribution in [0.15, 0.2) is 36.8 Å². The number of hydrogen-bond donors (Lipinski definition) is 2. The predicted molar refractivity (Wildman–Crippen MR) is 109 cm³/mol. The first-order valence-corrected chi connectivity index (χ1v) is 10.3. The Morgan fingerprint density at radius 1 is 1.14 bits per heavy atom. The summed E-state index contributed by atoms with van der Waals surface area (Å²) in [7, 11) is 0. The van der Waals surface area contributed by atoms with Crippen molar-refractivity contribution in [2.75, 3.05) is 24.5 Å². The largest absolute Gasteiger partial charge is 0.339 e. The van der Waals surface area contributed by atoms with E-state index >= 15 is 0 Å². The number of hydrogen-bond acceptors (Lipinski definition) is 5. The number of aromatic nitrogens is 3. The van der Waals surface area contributed by atoms with Gasteiger partial charge in [-0.3, -0.25) is 4.98 Å². The molecule has 0 spiro atoms. The maximum absolute atomic E-state index is 12.2. The molecular weight excluding hydrogens is 352 g/mol. The van der Waals surface area contributed by atoms with Gasteiger partial charge in [0.25, 0.3) is 0 Å². The van der Waals surface area contributed by atoms with Gasteiger partial charge >= 0.3 is 6.03 Å². The molecule has 0 aromatic carbocycles. The Morgan fingerprint density at radius 3 is 2.86 bits per heavy atom. The van der Waals surface area contributed by atoms with Crippen LogP contribution in [0.3, 0.4) is 0 Å². The Morgan fingerprint density at radius 2 is 2.04 bits per heavy atom. The van der Waals surface area contributed by atoms with Crippen LogP contribution in [0.2, 0.25) is 0 Å². The molecule has 1 aliphatic carbocycles. The Labute approximate surface area is 166 Å². The number of nitrogens with one attached hydrogen (secondary N) is 2. The summed E-state index contributed by atoms with van der Waals surface area (Å²) in [5, 5.41) is 6.16. The van der Waals surface area contributed by atoms with E-state index in [1.807, 2.05) is 18.2 Å². The second kappa shape index (κ2) is 8.99. The maximum atomic E-state index is 12.2. The van der Waals surface area contributed by atoms with Crippen molar-refractivity contribution in [1.82, 2.24) is 25.6 Å². The molecule has 2 fully saturated rings. The van der Waals surface area contributed by atoms with Gasteiger partial charge in [0, 0.05) is 49.8 Å². The summed E-state index contributed by atoms with van der Waals surface area (Å²) in [6.07, 6.45) is 12.6. The molecule has 7 heteroatoms. The minimum absolute atomic E-state index is 0.0533. The van der Waals surface area contributed by atoms with Crippen molar-refractivity contribution >= 4 is 12.0 Å². The Bertz CT molecular complexity index is 777. The SMILES string of the molecule is O=C(NCC1CCCCC1)NC1CCN(c2nccc(-c3cccnc3)n2)C1. The summed E-state index contributed by atoms with van der Waals surface area (Å²) in [5.41, 5.74) is 1.84. The van der Waals surface area contributed by atoms with E-state index < -0.39 is 0 Å². The first-order valence-electron chi connectivity index (χ1n) is 10.3. The van der Waals surface area contributed by atoms with Crippen molar-refractivity contribution in [1.29, 1.82) is 0 Å². The van der Waals surface area contributed by atoms with Gasteiger partial charge in [-0.05, 0) is 43.4 Å². The van der Waals surface area contributed by atoms with Crippen molar-refractivity contribution in [3.63, 3.8) is 0 Å². The molecule has 4 rings (SSSR count). The fraction of sp³-hybridized carbons (Fsp3) is 0.524. The smallest absolute Gasteiger partial charge is 0.315 e. The van der Waals surface area contributed by atoms with Crippen LogP contribution in [-0.4, -0.2) is 46.7 Å². The molecule has 1 unspecified atom stereocenters.